The molecule has 0 aromatic heterocycles. The average molecular weight is 329 g/mol. The minimum Gasteiger partial charge on any atom is -0.392 e. The van der Waals surface area contributed by atoms with Gasteiger partial charge in [-0.2, -0.15) is 0 Å². The molecule has 0 aromatic rings. The summed E-state index contributed by atoms with van der Waals surface area (Å²) in [6, 6.07) is 0. The van der Waals surface area contributed by atoms with Crippen LogP contribution in [-0.2, 0) is 0 Å². The topological polar surface area (TPSA) is 124 Å². The van der Waals surface area contributed by atoms with Gasteiger partial charge in [0.2, 0.25) is 0 Å². The molecule has 0 saturated heterocycles. The maximum Gasteiger partial charge on any atom is 0.0652 e. The Morgan fingerprint density at radius 1 is 0.652 bits per heavy atom. The van der Waals surface area contributed by atoms with E-state index >= 15 is 0 Å². The van der Waals surface area contributed by atoms with E-state index in [0.717, 1.165) is 64.2 Å². The van der Waals surface area contributed by atoms with E-state index < -0.39 is 0 Å². The van der Waals surface area contributed by atoms with Crippen molar-refractivity contribution in [2.24, 2.45) is 33.8 Å². The molecular formula is C18H40N4O. The van der Waals surface area contributed by atoms with E-state index in [0.29, 0.717) is 26.2 Å². The van der Waals surface area contributed by atoms with Crippen LogP contribution >= 0.6 is 0 Å². The lowest BCUT2D eigenvalue weighted by atomic mass is 9.54. The maximum atomic E-state index is 11.5. The first-order valence-corrected chi connectivity index (χ1v) is 9.59. The molecule has 1 rings (SSSR count). The minimum atomic E-state index is -0.278. The Bertz CT molecular complexity index is 267. The third-order valence-corrected chi connectivity index (χ3v) is 6.02. The highest BCUT2D eigenvalue weighted by atomic mass is 16.3. The summed E-state index contributed by atoms with van der Waals surface area (Å²) in [6.07, 6.45) is 11.1. The minimum absolute atomic E-state index is 0.0137. The average Bonchev–Trinajstić information content (AvgIpc) is 2.58. The van der Waals surface area contributed by atoms with E-state index in [1.54, 1.807) is 0 Å². The molecule has 1 aliphatic rings. The predicted octanol–water partition coefficient (Wildman–Crippen LogP) is 1.46. The molecule has 0 radical (unpaired) electrons. The highest BCUT2D eigenvalue weighted by molar-refractivity contribution is 5.02. The zero-order valence-corrected chi connectivity index (χ0v) is 14.9. The summed E-state index contributed by atoms with van der Waals surface area (Å²) >= 11 is 0. The lowest BCUT2D eigenvalue weighted by Crippen LogP contribution is -2.52. The van der Waals surface area contributed by atoms with Crippen molar-refractivity contribution in [1.29, 1.82) is 0 Å². The van der Waals surface area contributed by atoms with Gasteiger partial charge in [-0.1, -0.05) is 6.42 Å². The van der Waals surface area contributed by atoms with Crippen LogP contribution in [0.1, 0.15) is 70.6 Å². The van der Waals surface area contributed by atoms with Crippen molar-refractivity contribution in [2.75, 3.05) is 26.2 Å². The van der Waals surface area contributed by atoms with Gasteiger partial charge in [0.05, 0.1) is 6.10 Å². The van der Waals surface area contributed by atoms with Gasteiger partial charge in [-0.25, -0.2) is 0 Å². The monoisotopic (exact) mass is 328 g/mol. The van der Waals surface area contributed by atoms with Gasteiger partial charge in [0.15, 0.2) is 0 Å². The normalized spacial score (nSPS) is 20.7. The molecule has 9 N–H and O–H groups in total. The molecule has 5 nitrogen and oxygen atoms in total. The zero-order valence-electron chi connectivity index (χ0n) is 14.9. The van der Waals surface area contributed by atoms with Gasteiger partial charge >= 0.3 is 0 Å². The second-order valence-corrected chi connectivity index (χ2v) is 7.55. The third kappa shape index (κ3) is 5.40. The van der Waals surface area contributed by atoms with Crippen LogP contribution in [0.5, 0.6) is 0 Å². The van der Waals surface area contributed by atoms with Crippen molar-refractivity contribution < 1.29 is 5.11 Å². The van der Waals surface area contributed by atoms with Gasteiger partial charge in [-0.15, -0.1) is 0 Å². The van der Waals surface area contributed by atoms with Crippen molar-refractivity contribution in [1.82, 2.24) is 0 Å². The first-order chi connectivity index (χ1) is 11.1. The van der Waals surface area contributed by atoms with Crippen molar-refractivity contribution in [3.05, 3.63) is 0 Å². The van der Waals surface area contributed by atoms with Gasteiger partial charge in [0.1, 0.15) is 0 Å². The largest absolute Gasteiger partial charge is 0.392 e. The van der Waals surface area contributed by atoms with Crippen LogP contribution in [0.4, 0.5) is 0 Å². The third-order valence-electron chi connectivity index (χ3n) is 6.02. The fraction of sp³-hybridized carbons (Fsp3) is 1.00. The summed E-state index contributed by atoms with van der Waals surface area (Å²) in [4.78, 5) is 0. The molecule has 0 spiro atoms. The number of rotatable bonds is 12. The number of hydrogen-bond donors (Lipinski definition) is 5. The zero-order chi connectivity index (χ0) is 17.2. The maximum absolute atomic E-state index is 11.5. The molecule has 23 heavy (non-hydrogen) atoms. The first-order valence-electron chi connectivity index (χ1n) is 9.59. The highest BCUT2D eigenvalue weighted by Gasteiger charge is 2.51. The summed E-state index contributed by atoms with van der Waals surface area (Å²) < 4.78 is 0. The molecule has 5 heteroatoms. The Kier molecular flexibility index (Phi) is 9.63. The van der Waals surface area contributed by atoms with E-state index in [4.69, 9.17) is 22.9 Å². The first kappa shape index (κ1) is 20.8. The number of aliphatic hydroxyl groups is 1. The van der Waals surface area contributed by atoms with Gasteiger partial charge in [0, 0.05) is 0 Å². The van der Waals surface area contributed by atoms with Crippen LogP contribution in [0.15, 0.2) is 0 Å². The van der Waals surface area contributed by atoms with E-state index in [1.165, 1.54) is 6.42 Å². The Balaban J connectivity index is 2.99. The van der Waals surface area contributed by atoms with E-state index in [2.05, 4.69) is 0 Å². The summed E-state index contributed by atoms with van der Waals surface area (Å²) in [7, 11) is 0. The standard InChI is InChI=1S/C18H40N4O/c19-12-2-8-17(9-3-13-20)6-1-7-18(16(17)23,10-4-14-21)11-5-15-22/h16,23H,1-15,19-22H2. The Hall–Kier alpha value is -0.200. The van der Waals surface area contributed by atoms with Crippen LogP contribution in [0.25, 0.3) is 0 Å². The van der Waals surface area contributed by atoms with Crippen molar-refractivity contribution >= 4 is 0 Å². The van der Waals surface area contributed by atoms with Crippen molar-refractivity contribution in [3.63, 3.8) is 0 Å². The van der Waals surface area contributed by atoms with Crippen LogP contribution in [0.3, 0.4) is 0 Å². The molecule has 0 heterocycles. The summed E-state index contributed by atoms with van der Waals surface area (Å²) in [5.41, 5.74) is 23.0. The smallest absolute Gasteiger partial charge is 0.0652 e. The second-order valence-electron chi connectivity index (χ2n) is 7.55. The molecule has 138 valence electrons. The lowest BCUT2D eigenvalue weighted by Gasteiger charge is -2.53. The molecule has 0 amide bonds. The second kappa shape index (κ2) is 10.6. The molecule has 0 aliphatic heterocycles. The van der Waals surface area contributed by atoms with E-state index in [1.807, 2.05) is 0 Å². The molecule has 0 unspecified atom stereocenters. The highest BCUT2D eigenvalue weighted by Crippen LogP contribution is 2.55. The summed E-state index contributed by atoms with van der Waals surface area (Å²) in [5, 5.41) is 11.5. The van der Waals surface area contributed by atoms with E-state index in [-0.39, 0.29) is 16.9 Å². The summed E-state index contributed by atoms with van der Waals surface area (Å²) in [5.74, 6) is 0. The van der Waals surface area contributed by atoms with Gasteiger partial charge in [-0.3, -0.25) is 0 Å². The Morgan fingerprint density at radius 2 is 0.957 bits per heavy atom. The fourth-order valence-corrected chi connectivity index (χ4v) is 4.83. The van der Waals surface area contributed by atoms with E-state index in [9.17, 15) is 5.11 Å². The predicted molar refractivity (Wildman–Crippen MR) is 97.9 cm³/mol. The van der Waals surface area contributed by atoms with Crippen LogP contribution < -0.4 is 22.9 Å². The fourth-order valence-electron chi connectivity index (χ4n) is 4.83. The number of hydrogen-bond acceptors (Lipinski definition) is 5. The molecule has 0 atom stereocenters. The molecule has 1 saturated carbocycles. The van der Waals surface area contributed by atoms with Crippen LogP contribution in [-0.4, -0.2) is 37.4 Å². The van der Waals surface area contributed by atoms with Gasteiger partial charge in [0.25, 0.3) is 0 Å². The van der Waals surface area contributed by atoms with Crippen LogP contribution in [0.2, 0.25) is 0 Å². The van der Waals surface area contributed by atoms with Gasteiger partial charge < -0.3 is 28.0 Å². The molecule has 1 aliphatic carbocycles. The quantitative estimate of drug-likeness (QED) is 0.371. The Labute approximate surface area is 142 Å². The molecule has 1 fully saturated rings. The molecular weight excluding hydrogens is 288 g/mol. The number of nitrogens with two attached hydrogens (primary N) is 4. The van der Waals surface area contributed by atoms with Gasteiger partial charge in [-0.05, 0) is 101 Å². The Morgan fingerprint density at radius 3 is 1.22 bits per heavy atom. The summed E-state index contributed by atoms with van der Waals surface area (Å²) in [6.45, 7) is 2.76. The van der Waals surface area contributed by atoms with Crippen LogP contribution in [0, 0.1) is 10.8 Å². The lowest BCUT2D eigenvalue weighted by molar-refractivity contribution is -0.126. The number of aliphatic hydroxyl groups excluding tert-OH is 1. The SMILES string of the molecule is NCCCC1(CCCN)CCCC(CCCN)(CCCN)C1O. The van der Waals surface area contributed by atoms with Crippen molar-refractivity contribution in [2.45, 2.75) is 76.7 Å². The van der Waals surface area contributed by atoms with Crippen molar-refractivity contribution in [3.8, 4) is 0 Å². The molecule has 0 bridgehead atoms. The molecule has 0 aromatic carbocycles.